The van der Waals surface area contributed by atoms with Gasteiger partial charge in [0.2, 0.25) is 0 Å². The van der Waals surface area contributed by atoms with E-state index in [1.54, 1.807) is 7.11 Å². The lowest BCUT2D eigenvalue weighted by molar-refractivity contribution is 0.144. The molecule has 5 heteroatoms. The summed E-state index contributed by atoms with van der Waals surface area (Å²) in [7, 11) is 1.65. The van der Waals surface area contributed by atoms with Crippen molar-refractivity contribution >= 4 is 5.69 Å². The Morgan fingerprint density at radius 1 is 1.03 bits per heavy atom. The molecule has 4 rings (SSSR count). The monoisotopic (exact) mass is 504 g/mol. The summed E-state index contributed by atoms with van der Waals surface area (Å²) in [4.78, 5) is 2.54. The number of ether oxygens (including phenoxy) is 1. The summed E-state index contributed by atoms with van der Waals surface area (Å²) in [6.07, 6.45) is 0.831. The predicted molar refractivity (Wildman–Crippen MR) is 151 cm³/mol. The van der Waals surface area contributed by atoms with E-state index in [1.807, 2.05) is 12.1 Å². The van der Waals surface area contributed by atoms with Gasteiger partial charge in [0, 0.05) is 30.7 Å². The van der Waals surface area contributed by atoms with E-state index in [4.69, 9.17) is 4.74 Å². The van der Waals surface area contributed by atoms with Crippen molar-refractivity contribution in [3.63, 3.8) is 0 Å². The number of phenols is 1. The highest BCUT2D eigenvalue weighted by atomic mass is 19.1. The largest absolute Gasteiger partial charge is 0.503 e. The van der Waals surface area contributed by atoms with Crippen molar-refractivity contribution in [2.75, 3.05) is 25.5 Å². The number of benzene rings is 3. The molecule has 1 heterocycles. The lowest BCUT2D eigenvalue weighted by Crippen LogP contribution is -2.36. The van der Waals surface area contributed by atoms with E-state index in [-0.39, 0.29) is 17.8 Å². The van der Waals surface area contributed by atoms with Gasteiger partial charge in [-0.1, -0.05) is 58.0 Å². The minimum atomic E-state index is -0.632. The Labute approximate surface area is 221 Å². The zero-order valence-corrected chi connectivity index (χ0v) is 23.2. The van der Waals surface area contributed by atoms with Gasteiger partial charge in [0.15, 0.2) is 11.6 Å². The number of fused-ring (bicyclic) bond motifs is 1. The number of hydrogen-bond acceptors (Lipinski definition) is 4. The standard InChI is InChI=1S/C32H41FN2O2/c1-19(2)18-34-29-17-25(16-28(33)32(29)36)31-27-14-15-35(22(6)26(27)12-13-30(31)37-7)21(5)24-10-8-23(9-11-24)20(3)4/h8-13,16-17,19-22,34,36H,14-15,18H2,1-7H3/t21-,22+/m0/s1. The first-order valence-corrected chi connectivity index (χ1v) is 13.4. The number of halogens is 1. The number of methoxy groups -OCH3 is 1. The summed E-state index contributed by atoms with van der Waals surface area (Å²) in [6.45, 7) is 14.7. The van der Waals surface area contributed by atoms with Crippen molar-refractivity contribution in [1.29, 1.82) is 0 Å². The lowest BCUT2D eigenvalue weighted by atomic mass is 9.85. The zero-order valence-electron chi connectivity index (χ0n) is 23.2. The second-order valence-corrected chi connectivity index (χ2v) is 11.0. The molecule has 0 saturated carbocycles. The van der Waals surface area contributed by atoms with Gasteiger partial charge in [-0.05, 0) is 78.1 Å². The summed E-state index contributed by atoms with van der Waals surface area (Å²) in [5, 5.41) is 13.6. The second kappa shape index (κ2) is 11.1. The Morgan fingerprint density at radius 2 is 1.70 bits per heavy atom. The van der Waals surface area contributed by atoms with Crippen LogP contribution in [0.25, 0.3) is 11.1 Å². The molecule has 2 atom stereocenters. The summed E-state index contributed by atoms with van der Waals surface area (Å²) in [5.41, 5.74) is 7.12. The van der Waals surface area contributed by atoms with Crippen molar-refractivity contribution in [1.82, 2.24) is 4.90 Å². The lowest BCUT2D eigenvalue weighted by Gasteiger charge is -2.40. The molecule has 3 aromatic rings. The van der Waals surface area contributed by atoms with Crippen molar-refractivity contribution in [3.05, 3.63) is 76.6 Å². The highest BCUT2D eigenvalue weighted by molar-refractivity contribution is 5.80. The van der Waals surface area contributed by atoms with E-state index in [0.29, 0.717) is 29.6 Å². The molecule has 3 aromatic carbocycles. The smallest absolute Gasteiger partial charge is 0.174 e. The van der Waals surface area contributed by atoms with Gasteiger partial charge in [-0.25, -0.2) is 4.39 Å². The molecule has 1 aliphatic rings. The molecule has 0 aliphatic carbocycles. The van der Waals surface area contributed by atoms with Gasteiger partial charge in [-0.3, -0.25) is 4.90 Å². The van der Waals surface area contributed by atoms with Crippen molar-refractivity contribution < 1.29 is 14.2 Å². The molecule has 0 spiro atoms. The Hall–Kier alpha value is -3.05. The third kappa shape index (κ3) is 5.47. The van der Waals surface area contributed by atoms with E-state index >= 15 is 0 Å². The SMILES string of the molecule is COc1ccc2c(c1-c1cc(F)c(O)c(NCC(C)C)c1)CCN([C@@H](C)c1ccc(C(C)C)cc1)[C@@H]2C. The van der Waals surface area contributed by atoms with E-state index in [0.717, 1.165) is 24.3 Å². The Balaban J connectivity index is 1.71. The fourth-order valence-electron chi connectivity index (χ4n) is 5.48. The van der Waals surface area contributed by atoms with Gasteiger partial charge < -0.3 is 15.2 Å². The van der Waals surface area contributed by atoms with Crippen LogP contribution >= 0.6 is 0 Å². The van der Waals surface area contributed by atoms with E-state index in [1.165, 1.54) is 28.3 Å². The maximum Gasteiger partial charge on any atom is 0.174 e. The summed E-state index contributed by atoms with van der Waals surface area (Å²) in [5.74, 6) is 0.624. The van der Waals surface area contributed by atoms with Gasteiger partial charge in [0.05, 0.1) is 12.8 Å². The maximum absolute atomic E-state index is 14.9. The fraction of sp³-hybridized carbons (Fsp3) is 0.438. The number of nitrogens with one attached hydrogen (secondary N) is 1. The van der Waals surface area contributed by atoms with E-state index in [2.05, 4.69) is 82.1 Å². The number of aromatic hydroxyl groups is 1. The minimum absolute atomic E-state index is 0.189. The first-order chi connectivity index (χ1) is 17.6. The molecule has 0 radical (unpaired) electrons. The molecule has 4 nitrogen and oxygen atoms in total. The van der Waals surface area contributed by atoms with Gasteiger partial charge in [0.1, 0.15) is 5.75 Å². The number of anilines is 1. The summed E-state index contributed by atoms with van der Waals surface area (Å²) < 4.78 is 20.7. The molecule has 1 aliphatic heterocycles. The Morgan fingerprint density at radius 3 is 2.32 bits per heavy atom. The molecular formula is C32H41FN2O2. The highest BCUT2D eigenvalue weighted by Gasteiger charge is 2.31. The van der Waals surface area contributed by atoms with Crippen LogP contribution in [0.2, 0.25) is 0 Å². The maximum atomic E-state index is 14.9. The molecule has 0 bridgehead atoms. The number of hydrogen-bond donors (Lipinski definition) is 2. The topological polar surface area (TPSA) is 44.7 Å². The average molecular weight is 505 g/mol. The van der Waals surface area contributed by atoms with Gasteiger partial charge in [-0.2, -0.15) is 0 Å². The van der Waals surface area contributed by atoms with Crippen LogP contribution in [0, 0.1) is 11.7 Å². The van der Waals surface area contributed by atoms with Crippen LogP contribution in [0.5, 0.6) is 11.5 Å². The van der Waals surface area contributed by atoms with E-state index in [9.17, 15) is 9.50 Å². The normalized spacial score (nSPS) is 16.6. The van der Waals surface area contributed by atoms with Gasteiger partial charge >= 0.3 is 0 Å². The average Bonchev–Trinajstić information content (AvgIpc) is 2.88. The first-order valence-electron chi connectivity index (χ1n) is 13.4. The minimum Gasteiger partial charge on any atom is -0.503 e. The van der Waals surface area contributed by atoms with Crippen LogP contribution in [0.1, 0.15) is 81.8 Å². The Kier molecular flexibility index (Phi) is 8.13. The summed E-state index contributed by atoms with van der Waals surface area (Å²) in [6, 6.07) is 16.9. The van der Waals surface area contributed by atoms with Crippen LogP contribution in [0.15, 0.2) is 48.5 Å². The number of rotatable bonds is 8. The van der Waals surface area contributed by atoms with Gasteiger partial charge in [-0.15, -0.1) is 0 Å². The molecule has 198 valence electrons. The van der Waals surface area contributed by atoms with Gasteiger partial charge in [0.25, 0.3) is 0 Å². The van der Waals surface area contributed by atoms with Crippen LogP contribution in [-0.4, -0.2) is 30.2 Å². The molecule has 2 N–H and O–H groups in total. The second-order valence-electron chi connectivity index (χ2n) is 11.0. The molecule has 0 aromatic heterocycles. The summed E-state index contributed by atoms with van der Waals surface area (Å²) >= 11 is 0. The molecule has 37 heavy (non-hydrogen) atoms. The third-order valence-corrected chi connectivity index (χ3v) is 7.73. The molecule has 0 fully saturated rings. The zero-order chi connectivity index (χ0) is 26.9. The van der Waals surface area contributed by atoms with Crippen molar-refractivity contribution in [3.8, 4) is 22.6 Å². The van der Waals surface area contributed by atoms with Crippen molar-refractivity contribution in [2.45, 2.75) is 66.0 Å². The highest BCUT2D eigenvalue weighted by Crippen LogP contribution is 2.45. The Bertz CT molecular complexity index is 1240. The third-order valence-electron chi connectivity index (χ3n) is 7.73. The fourth-order valence-corrected chi connectivity index (χ4v) is 5.48. The molecular weight excluding hydrogens is 463 g/mol. The van der Waals surface area contributed by atoms with Crippen LogP contribution < -0.4 is 10.1 Å². The first kappa shape index (κ1) is 27.0. The number of phenolic OH excluding ortho intramolecular Hbond substituents is 1. The molecule has 0 saturated heterocycles. The quantitative estimate of drug-likeness (QED) is 0.304. The van der Waals surface area contributed by atoms with Crippen molar-refractivity contribution in [2.24, 2.45) is 5.92 Å². The predicted octanol–water partition coefficient (Wildman–Crippen LogP) is 8.08. The molecule has 0 amide bonds. The van der Waals surface area contributed by atoms with E-state index < -0.39 is 5.82 Å². The van der Waals surface area contributed by atoms with Crippen LogP contribution in [-0.2, 0) is 6.42 Å². The molecule has 0 unspecified atom stereocenters. The van der Waals surface area contributed by atoms with Crippen LogP contribution in [0.3, 0.4) is 0 Å². The van der Waals surface area contributed by atoms with Crippen LogP contribution in [0.4, 0.5) is 10.1 Å². The number of nitrogens with zero attached hydrogens (tertiary/aromatic N) is 1.